The molecule has 1 rings (SSSR count). The van der Waals surface area contributed by atoms with Crippen LogP contribution in [0.15, 0.2) is 12.1 Å². The van der Waals surface area contributed by atoms with Crippen molar-refractivity contribution in [2.45, 2.75) is 19.9 Å². The summed E-state index contributed by atoms with van der Waals surface area (Å²) in [6, 6.07) is 1.49. The first kappa shape index (κ1) is 16.2. The normalized spacial score (nSPS) is 11.9. The molecule has 1 unspecified atom stereocenters. The molecule has 0 heterocycles. The molecule has 20 heavy (non-hydrogen) atoms. The van der Waals surface area contributed by atoms with Gasteiger partial charge in [-0.15, -0.1) is 0 Å². The summed E-state index contributed by atoms with van der Waals surface area (Å²) in [6.07, 6.45) is 0. The number of carbonyl (C=O) groups is 1. The smallest absolute Gasteiger partial charge is 0.338 e. The van der Waals surface area contributed by atoms with Gasteiger partial charge in [0.15, 0.2) is 0 Å². The molecule has 0 aromatic heterocycles. The molecule has 0 fully saturated rings. The van der Waals surface area contributed by atoms with Crippen LogP contribution in [0, 0.1) is 15.9 Å². The number of nitro groups is 1. The molecule has 0 spiro atoms. The number of anilines is 1. The van der Waals surface area contributed by atoms with Crippen LogP contribution in [-0.2, 0) is 0 Å². The van der Waals surface area contributed by atoms with Gasteiger partial charge in [-0.25, -0.2) is 9.18 Å². The summed E-state index contributed by atoms with van der Waals surface area (Å²) in [7, 11) is 0. The highest BCUT2D eigenvalue weighted by Crippen LogP contribution is 2.28. The standard InChI is InChI=1S/C12H15FN2O4S/c1-3-20-6-7(2)14-10-4-8(12(16)17)9(13)5-11(10)15(18)19/h4-5,7,14H,3,6H2,1-2H3,(H,16,17). The number of carboxylic acid groups (broad SMARTS) is 1. The summed E-state index contributed by atoms with van der Waals surface area (Å²) in [5.41, 5.74) is -1.05. The molecular weight excluding hydrogens is 287 g/mol. The van der Waals surface area contributed by atoms with E-state index < -0.39 is 28.0 Å². The van der Waals surface area contributed by atoms with Crippen molar-refractivity contribution in [2.24, 2.45) is 0 Å². The topological polar surface area (TPSA) is 92.5 Å². The van der Waals surface area contributed by atoms with E-state index in [2.05, 4.69) is 5.32 Å². The van der Waals surface area contributed by atoms with Crippen LogP contribution in [0.4, 0.5) is 15.8 Å². The Hall–Kier alpha value is -1.83. The lowest BCUT2D eigenvalue weighted by Gasteiger charge is -2.15. The third-order valence-electron chi connectivity index (χ3n) is 2.49. The zero-order valence-electron chi connectivity index (χ0n) is 11.1. The highest BCUT2D eigenvalue weighted by molar-refractivity contribution is 7.99. The number of carboxylic acids is 1. The molecule has 1 atom stereocenters. The molecular formula is C12H15FN2O4S. The summed E-state index contributed by atoms with van der Waals surface area (Å²) in [6.45, 7) is 3.80. The van der Waals surface area contributed by atoms with Gasteiger partial charge in [-0.3, -0.25) is 10.1 Å². The minimum Gasteiger partial charge on any atom is -0.478 e. The molecule has 0 radical (unpaired) electrons. The molecule has 0 aliphatic heterocycles. The van der Waals surface area contributed by atoms with Crippen LogP contribution in [0.2, 0.25) is 0 Å². The van der Waals surface area contributed by atoms with E-state index in [0.717, 1.165) is 11.8 Å². The van der Waals surface area contributed by atoms with Crippen LogP contribution in [-0.4, -0.2) is 33.5 Å². The highest BCUT2D eigenvalue weighted by atomic mass is 32.2. The second-order valence-corrected chi connectivity index (χ2v) is 5.44. The molecule has 0 saturated heterocycles. The molecule has 110 valence electrons. The van der Waals surface area contributed by atoms with Gasteiger partial charge in [0.2, 0.25) is 0 Å². The quantitative estimate of drug-likeness (QED) is 0.594. The van der Waals surface area contributed by atoms with Gasteiger partial charge in [0.1, 0.15) is 11.5 Å². The van der Waals surface area contributed by atoms with Gasteiger partial charge >= 0.3 is 5.97 Å². The van der Waals surface area contributed by atoms with Crippen molar-refractivity contribution in [1.82, 2.24) is 0 Å². The zero-order valence-corrected chi connectivity index (χ0v) is 11.9. The van der Waals surface area contributed by atoms with Gasteiger partial charge in [-0.05, 0) is 18.7 Å². The van der Waals surface area contributed by atoms with E-state index in [1.54, 1.807) is 11.8 Å². The first-order valence-corrected chi connectivity index (χ1v) is 7.07. The maximum Gasteiger partial charge on any atom is 0.338 e. The number of rotatable bonds is 7. The highest BCUT2D eigenvalue weighted by Gasteiger charge is 2.22. The van der Waals surface area contributed by atoms with Crippen molar-refractivity contribution in [3.8, 4) is 0 Å². The minimum absolute atomic E-state index is 0.0120. The lowest BCUT2D eigenvalue weighted by atomic mass is 10.1. The summed E-state index contributed by atoms with van der Waals surface area (Å²) in [5.74, 6) is -0.980. The van der Waals surface area contributed by atoms with Crippen molar-refractivity contribution < 1.29 is 19.2 Å². The molecule has 8 heteroatoms. The Morgan fingerprint density at radius 3 is 2.75 bits per heavy atom. The van der Waals surface area contributed by atoms with Gasteiger partial charge in [-0.2, -0.15) is 11.8 Å². The number of nitrogens with zero attached hydrogens (tertiary/aromatic N) is 1. The van der Waals surface area contributed by atoms with Gasteiger partial charge in [0, 0.05) is 11.8 Å². The number of nitrogens with one attached hydrogen (secondary N) is 1. The lowest BCUT2D eigenvalue weighted by molar-refractivity contribution is -0.384. The molecule has 1 aromatic carbocycles. The summed E-state index contributed by atoms with van der Waals surface area (Å²) < 4.78 is 13.5. The van der Waals surface area contributed by atoms with Crippen LogP contribution in [0.25, 0.3) is 0 Å². The number of halogens is 1. The third kappa shape index (κ3) is 4.09. The van der Waals surface area contributed by atoms with E-state index in [1.165, 1.54) is 0 Å². The van der Waals surface area contributed by atoms with Crippen LogP contribution in [0.1, 0.15) is 24.2 Å². The maximum absolute atomic E-state index is 13.5. The largest absolute Gasteiger partial charge is 0.478 e. The summed E-state index contributed by atoms with van der Waals surface area (Å²) in [5, 5.41) is 22.6. The van der Waals surface area contributed by atoms with E-state index in [9.17, 15) is 19.3 Å². The first-order chi connectivity index (χ1) is 9.36. The predicted octanol–water partition coefficient (Wildman–Crippen LogP) is 2.99. The van der Waals surface area contributed by atoms with Crippen molar-refractivity contribution in [3.63, 3.8) is 0 Å². The van der Waals surface area contributed by atoms with E-state index in [-0.39, 0.29) is 11.7 Å². The zero-order chi connectivity index (χ0) is 15.3. The number of hydrogen-bond donors (Lipinski definition) is 2. The average Bonchev–Trinajstić information content (AvgIpc) is 2.37. The number of hydrogen-bond acceptors (Lipinski definition) is 5. The monoisotopic (exact) mass is 302 g/mol. The Bertz CT molecular complexity index is 524. The SMILES string of the molecule is CCSCC(C)Nc1cc(C(=O)O)c(F)cc1[N+](=O)[O-]. The van der Waals surface area contributed by atoms with Gasteiger partial charge < -0.3 is 10.4 Å². The lowest BCUT2D eigenvalue weighted by Crippen LogP contribution is -2.19. The number of benzene rings is 1. The Labute approximate surface area is 119 Å². The fraction of sp³-hybridized carbons (Fsp3) is 0.417. The Kier molecular flexibility index (Phi) is 5.75. The Morgan fingerprint density at radius 2 is 2.25 bits per heavy atom. The number of nitro benzene ring substituents is 1. The van der Waals surface area contributed by atoms with Crippen LogP contribution in [0.5, 0.6) is 0 Å². The average molecular weight is 302 g/mol. The van der Waals surface area contributed by atoms with E-state index in [4.69, 9.17) is 5.11 Å². The second kappa shape index (κ2) is 7.09. The molecule has 0 amide bonds. The minimum atomic E-state index is -1.46. The van der Waals surface area contributed by atoms with Crippen LogP contribution < -0.4 is 5.32 Å². The summed E-state index contributed by atoms with van der Waals surface area (Å²) >= 11 is 1.64. The Morgan fingerprint density at radius 1 is 1.60 bits per heavy atom. The van der Waals surface area contributed by atoms with Gasteiger partial charge in [0.25, 0.3) is 5.69 Å². The first-order valence-electron chi connectivity index (χ1n) is 5.92. The van der Waals surface area contributed by atoms with E-state index in [0.29, 0.717) is 11.8 Å². The molecule has 1 aromatic rings. The fourth-order valence-electron chi connectivity index (χ4n) is 1.60. The number of thioether (sulfide) groups is 1. The Balaban J connectivity index is 3.11. The summed E-state index contributed by atoms with van der Waals surface area (Å²) in [4.78, 5) is 21.0. The van der Waals surface area contributed by atoms with E-state index >= 15 is 0 Å². The molecule has 2 N–H and O–H groups in total. The van der Waals surface area contributed by atoms with Crippen LogP contribution >= 0.6 is 11.8 Å². The van der Waals surface area contributed by atoms with Gasteiger partial charge in [0.05, 0.1) is 16.6 Å². The number of aromatic carboxylic acids is 1. The van der Waals surface area contributed by atoms with Gasteiger partial charge in [-0.1, -0.05) is 6.92 Å². The molecule has 0 saturated carbocycles. The maximum atomic E-state index is 13.5. The van der Waals surface area contributed by atoms with Crippen molar-refractivity contribution in [1.29, 1.82) is 0 Å². The van der Waals surface area contributed by atoms with E-state index in [1.807, 2.05) is 13.8 Å². The third-order valence-corrected chi connectivity index (χ3v) is 3.63. The molecule has 0 aliphatic rings. The molecule has 6 nitrogen and oxygen atoms in total. The predicted molar refractivity (Wildman–Crippen MR) is 76.1 cm³/mol. The fourth-order valence-corrected chi connectivity index (χ4v) is 2.27. The van der Waals surface area contributed by atoms with Crippen molar-refractivity contribution in [3.05, 3.63) is 33.6 Å². The van der Waals surface area contributed by atoms with Crippen LogP contribution in [0.3, 0.4) is 0 Å². The second-order valence-electron chi connectivity index (χ2n) is 4.12. The van der Waals surface area contributed by atoms with Crippen molar-refractivity contribution >= 4 is 29.1 Å². The van der Waals surface area contributed by atoms with Crippen molar-refractivity contribution in [2.75, 3.05) is 16.8 Å². The molecule has 0 bridgehead atoms. The molecule has 0 aliphatic carbocycles.